The van der Waals surface area contributed by atoms with E-state index in [4.69, 9.17) is 5.73 Å². The third kappa shape index (κ3) is 8.76. The lowest BCUT2D eigenvalue weighted by Gasteiger charge is -2.28. The van der Waals surface area contributed by atoms with Crippen molar-refractivity contribution in [3.05, 3.63) is 83.4 Å². The number of carbonyl (C=O) groups excluding carboxylic acids is 3. The zero-order valence-corrected chi connectivity index (χ0v) is 27.9. The van der Waals surface area contributed by atoms with Crippen molar-refractivity contribution in [3.63, 3.8) is 0 Å². The number of carbonyl (C=O) groups is 3. The van der Waals surface area contributed by atoms with E-state index in [-0.39, 0.29) is 29.7 Å². The molecule has 3 aromatic carbocycles. The molecule has 1 saturated heterocycles. The summed E-state index contributed by atoms with van der Waals surface area (Å²) in [6.45, 7) is 4.49. The topological polar surface area (TPSA) is 180 Å². The molecule has 0 radical (unpaired) electrons. The minimum atomic E-state index is -0.776. The van der Waals surface area contributed by atoms with Gasteiger partial charge in [-0.1, -0.05) is 30.3 Å². The average molecular weight is 664 g/mol. The lowest BCUT2D eigenvalue weighted by Crippen LogP contribution is -2.48. The maximum absolute atomic E-state index is 13.7. The van der Waals surface area contributed by atoms with Crippen LogP contribution in [0.25, 0.3) is 22.5 Å². The Labute approximate surface area is 286 Å². The van der Waals surface area contributed by atoms with Gasteiger partial charge in [-0.2, -0.15) is 5.21 Å². The van der Waals surface area contributed by atoms with Gasteiger partial charge in [-0.25, -0.2) is 0 Å². The highest BCUT2D eigenvalue weighted by Crippen LogP contribution is 2.29. The molecule has 1 aromatic heterocycles. The van der Waals surface area contributed by atoms with Gasteiger partial charge in [0.15, 0.2) is 0 Å². The van der Waals surface area contributed by atoms with Crippen LogP contribution in [0.4, 0.5) is 5.69 Å². The number of benzene rings is 3. The summed E-state index contributed by atoms with van der Waals surface area (Å²) in [6, 6.07) is 20.4. The van der Waals surface area contributed by atoms with Crippen LogP contribution in [0.1, 0.15) is 60.0 Å². The summed E-state index contributed by atoms with van der Waals surface area (Å²) >= 11 is 0. The van der Waals surface area contributed by atoms with Gasteiger partial charge in [-0.3, -0.25) is 14.4 Å². The fraction of sp³-hybridized carbons (Fsp3) is 0.405. The van der Waals surface area contributed by atoms with Crippen molar-refractivity contribution in [2.24, 2.45) is 17.6 Å². The summed E-state index contributed by atoms with van der Waals surface area (Å²) in [5.74, 6) is 0.337. The molecular weight excluding hydrogens is 618 g/mol. The van der Waals surface area contributed by atoms with Gasteiger partial charge in [-0.05, 0) is 135 Å². The van der Waals surface area contributed by atoms with E-state index in [1.807, 2.05) is 49.4 Å². The van der Waals surface area contributed by atoms with Crippen molar-refractivity contribution < 1.29 is 14.4 Å². The summed E-state index contributed by atoms with van der Waals surface area (Å²) in [7, 11) is 0. The monoisotopic (exact) mass is 663 g/mol. The minimum absolute atomic E-state index is 0.0430. The number of nitrogens with one attached hydrogen (secondary N) is 5. The number of tetrazole rings is 1. The number of piperidine rings is 1. The number of nitrogens with zero attached hydrogens (tertiary/aromatic N) is 3. The van der Waals surface area contributed by atoms with Crippen molar-refractivity contribution in [1.29, 1.82) is 0 Å². The molecular formula is C37H45N9O3. The van der Waals surface area contributed by atoms with E-state index in [2.05, 4.69) is 41.9 Å². The van der Waals surface area contributed by atoms with Crippen LogP contribution < -0.4 is 27.0 Å². The number of rotatable bonds is 11. The molecule has 4 aromatic rings. The van der Waals surface area contributed by atoms with Gasteiger partial charge < -0.3 is 27.0 Å². The van der Waals surface area contributed by atoms with Crippen molar-refractivity contribution in [1.82, 2.24) is 36.6 Å². The van der Waals surface area contributed by atoms with Gasteiger partial charge in [0.25, 0.3) is 5.91 Å². The second-order valence-electron chi connectivity index (χ2n) is 13.2. The molecule has 1 aliphatic carbocycles. The summed E-state index contributed by atoms with van der Waals surface area (Å²) in [5.41, 5.74) is 11.8. The van der Waals surface area contributed by atoms with Gasteiger partial charge in [0.2, 0.25) is 17.6 Å². The molecule has 2 fully saturated rings. The Balaban J connectivity index is 1.14. The third-order valence-electron chi connectivity index (χ3n) is 9.81. The molecule has 0 bridgehead atoms. The average Bonchev–Trinajstić information content (AvgIpc) is 3.68. The number of amides is 3. The third-order valence-corrected chi connectivity index (χ3v) is 9.81. The van der Waals surface area contributed by atoms with Crippen molar-refractivity contribution >= 4 is 23.4 Å². The SMILES string of the molecule is Cc1cc(C(=O)NC2CCNCC2)ccc1-c1ccc(C[C@H](NC(=O)C2CCC(CN)CC2)C(=O)Nc2ccc(-c3nn[nH]n3)cc2)cc1. The summed E-state index contributed by atoms with van der Waals surface area (Å²) in [6.07, 6.45) is 5.58. The second-order valence-corrected chi connectivity index (χ2v) is 13.2. The van der Waals surface area contributed by atoms with Crippen LogP contribution in [-0.2, 0) is 16.0 Å². The molecule has 3 amide bonds. The molecule has 2 heterocycles. The molecule has 7 N–H and O–H groups in total. The Hall–Kier alpha value is -4.94. The van der Waals surface area contributed by atoms with Crippen LogP contribution in [0.3, 0.4) is 0 Å². The number of hydrogen-bond donors (Lipinski definition) is 6. The Morgan fingerprint density at radius 3 is 2.27 bits per heavy atom. The number of aromatic amines is 1. The van der Waals surface area contributed by atoms with Crippen molar-refractivity contribution in [2.45, 2.75) is 64.0 Å². The lowest BCUT2D eigenvalue weighted by atomic mass is 9.81. The molecule has 256 valence electrons. The summed E-state index contributed by atoms with van der Waals surface area (Å²) in [5, 5.41) is 26.5. The largest absolute Gasteiger partial charge is 0.349 e. The smallest absolute Gasteiger partial charge is 0.251 e. The van der Waals surface area contributed by atoms with E-state index >= 15 is 0 Å². The standard InChI is InChI=1S/C37H45N9O3/c1-23-20-29(36(48)40-31-16-18-39-19-17-31)12-15-32(23)26-6-2-24(3-7-26)21-33(42-35(47)28-8-4-25(22-38)5-9-28)37(49)41-30-13-10-27(11-14-30)34-43-45-46-44-34/h2-3,6-7,10-15,20,25,28,31,33,39H,4-5,8-9,16-19,21-22,38H2,1H3,(H,40,48)(H,41,49)(H,42,47)(H,43,44,45,46)/t25?,28?,33-/m0/s1. The Morgan fingerprint density at radius 2 is 1.61 bits per heavy atom. The van der Waals surface area contributed by atoms with E-state index in [1.165, 1.54) is 0 Å². The number of nitrogens with two attached hydrogens (primary N) is 1. The molecule has 49 heavy (non-hydrogen) atoms. The van der Waals surface area contributed by atoms with Crippen LogP contribution in [0.15, 0.2) is 66.7 Å². The van der Waals surface area contributed by atoms with Crippen LogP contribution in [0, 0.1) is 18.8 Å². The maximum atomic E-state index is 13.7. The normalized spacial score (nSPS) is 18.7. The van der Waals surface area contributed by atoms with E-state index < -0.39 is 6.04 Å². The minimum Gasteiger partial charge on any atom is -0.349 e. The van der Waals surface area contributed by atoms with Gasteiger partial charge in [0, 0.05) is 35.2 Å². The van der Waals surface area contributed by atoms with Gasteiger partial charge in [0.1, 0.15) is 6.04 Å². The highest BCUT2D eigenvalue weighted by molar-refractivity contribution is 5.98. The van der Waals surface area contributed by atoms with Crippen LogP contribution in [0.2, 0.25) is 0 Å². The first kappa shape index (κ1) is 33.9. The number of hydrogen-bond acceptors (Lipinski definition) is 8. The highest BCUT2D eigenvalue weighted by atomic mass is 16.2. The van der Waals surface area contributed by atoms with Crippen LogP contribution >= 0.6 is 0 Å². The number of aryl methyl sites for hydroxylation is 1. The molecule has 12 nitrogen and oxygen atoms in total. The first-order valence-corrected chi connectivity index (χ1v) is 17.2. The zero-order valence-electron chi connectivity index (χ0n) is 27.9. The predicted molar refractivity (Wildman–Crippen MR) is 188 cm³/mol. The second kappa shape index (κ2) is 16.0. The van der Waals surface area contributed by atoms with Gasteiger partial charge in [0.05, 0.1) is 0 Å². The first-order chi connectivity index (χ1) is 23.9. The lowest BCUT2D eigenvalue weighted by molar-refractivity contribution is -0.130. The number of H-pyrrole nitrogens is 1. The Morgan fingerprint density at radius 1 is 0.898 bits per heavy atom. The molecule has 12 heteroatoms. The van der Waals surface area contributed by atoms with E-state index in [0.717, 1.165) is 79.4 Å². The van der Waals surface area contributed by atoms with Crippen LogP contribution in [-0.4, -0.2) is 70.1 Å². The van der Waals surface area contributed by atoms with Crippen molar-refractivity contribution in [3.8, 4) is 22.5 Å². The molecule has 0 spiro atoms. The van der Waals surface area contributed by atoms with Crippen LogP contribution in [0.5, 0.6) is 0 Å². The molecule has 1 atom stereocenters. The maximum Gasteiger partial charge on any atom is 0.251 e. The molecule has 1 aliphatic heterocycles. The fourth-order valence-corrected chi connectivity index (χ4v) is 6.80. The Bertz CT molecular complexity index is 1710. The van der Waals surface area contributed by atoms with E-state index in [0.29, 0.717) is 36.0 Å². The quantitative estimate of drug-likeness (QED) is 0.140. The zero-order chi connectivity index (χ0) is 34.2. The summed E-state index contributed by atoms with van der Waals surface area (Å²) in [4.78, 5) is 40.0. The van der Waals surface area contributed by atoms with E-state index in [9.17, 15) is 14.4 Å². The number of aromatic nitrogens is 4. The molecule has 1 saturated carbocycles. The fourth-order valence-electron chi connectivity index (χ4n) is 6.80. The van der Waals surface area contributed by atoms with Crippen molar-refractivity contribution in [2.75, 3.05) is 25.0 Å². The van der Waals surface area contributed by atoms with Gasteiger partial charge in [-0.15, -0.1) is 10.2 Å². The Kier molecular flexibility index (Phi) is 11.1. The highest BCUT2D eigenvalue weighted by Gasteiger charge is 2.29. The first-order valence-electron chi connectivity index (χ1n) is 17.2. The summed E-state index contributed by atoms with van der Waals surface area (Å²) < 4.78 is 0. The number of anilines is 1. The predicted octanol–water partition coefficient (Wildman–Crippen LogP) is 3.76. The van der Waals surface area contributed by atoms with E-state index in [1.54, 1.807) is 24.3 Å². The molecule has 0 unspecified atom stereocenters. The van der Waals surface area contributed by atoms with Gasteiger partial charge >= 0.3 is 0 Å². The molecule has 2 aliphatic rings. The molecule has 6 rings (SSSR count).